The molecule has 0 N–H and O–H groups in total. The summed E-state index contributed by atoms with van der Waals surface area (Å²) in [4.78, 5) is 50.1. The molecule has 0 spiro atoms. The topological polar surface area (TPSA) is 88.0 Å². The third-order valence-electron chi connectivity index (χ3n) is 7.26. The molecule has 2 aliphatic rings. The van der Waals surface area contributed by atoms with Crippen LogP contribution in [0.1, 0.15) is 36.2 Å². The van der Waals surface area contributed by atoms with Gasteiger partial charge in [-0.3, -0.25) is 24.2 Å². The van der Waals surface area contributed by atoms with Gasteiger partial charge >= 0.3 is 0 Å². The molecule has 0 saturated carbocycles. The molecule has 0 bridgehead atoms. The number of piperazine rings is 1. The number of rotatable bonds is 9. The second-order valence-corrected chi connectivity index (χ2v) is 9.56. The van der Waals surface area contributed by atoms with E-state index >= 15 is 0 Å². The van der Waals surface area contributed by atoms with Gasteiger partial charge in [0.1, 0.15) is 5.82 Å². The monoisotopic (exact) mass is 481 g/mol. The molecule has 2 fully saturated rings. The quantitative estimate of drug-likeness (QED) is 0.398. The van der Waals surface area contributed by atoms with E-state index in [1.807, 2.05) is 53.9 Å². The number of imidazole rings is 1. The molecule has 1 aromatic heterocycles. The molecule has 1 atom stereocenters. The predicted octanol–water partition coefficient (Wildman–Crippen LogP) is 1.50. The number of ether oxygens (including phenoxy) is 1. The smallest absolute Gasteiger partial charge is 0.240 e. The van der Waals surface area contributed by atoms with E-state index in [0.717, 1.165) is 36.6 Å². The normalized spacial score (nSPS) is 21.2. The summed E-state index contributed by atoms with van der Waals surface area (Å²) in [6.45, 7) is 6.11. The Balaban J connectivity index is 1.49. The van der Waals surface area contributed by atoms with E-state index in [1.54, 1.807) is 13.3 Å². The Morgan fingerprint density at radius 3 is 2.54 bits per heavy atom. The van der Waals surface area contributed by atoms with Crippen LogP contribution in [0.15, 0.2) is 36.7 Å². The summed E-state index contributed by atoms with van der Waals surface area (Å²) in [5, 5.41) is 0. The first-order valence-corrected chi connectivity index (χ1v) is 12.2. The maximum atomic E-state index is 13.7. The zero-order chi connectivity index (χ0) is 25.0. The second kappa shape index (κ2) is 10.7. The lowest BCUT2D eigenvalue weighted by Gasteiger charge is -2.37. The lowest BCUT2D eigenvalue weighted by atomic mass is 9.74. The van der Waals surface area contributed by atoms with E-state index in [0.29, 0.717) is 32.7 Å². The zero-order valence-electron chi connectivity index (χ0n) is 20.9. The fourth-order valence-electron chi connectivity index (χ4n) is 5.22. The van der Waals surface area contributed by atoms with Crippen LogP contribution in [0.5, 0.6) is 0 Å². The van der Waals surface area contributed by atoms with Crippen molar-refractivity contribution in [3.8, 4) is 0 Å². The number of aromatic nitrogens is 2. The van der Waals surface area contributed by atoms with Crippen molar-refractivity contribution in [2.75, 3.05) is 46.4 Å². The molecule has 1 aromatic carbocycles. The first kappa shape index (κ1) is 25.1. The third kappa shape index (κ3) is 5.16. The van der Waals surface area contributed by atoms with E-state index in [2.05, 4.69) is 9.88 Å². The van der Waals surface area contributed by atoms with Crippen molar-refractivity contribution in [3.63, 3.8) is 0 Å². The summed E-state index contributed by atoms with van der Waals surface area (Å²) in [6.07, 6.45) is 4.32. The Hall–Kier alpha value is -3.04. The van der Waals surface area contributed by atoms with Crippen LogP contribution in [0.2, 0.25) is 0 Å². The van der Waals surface area contributed by atoms with Gasteiger partial charge in [0.25, 0.3) is 0 Å². The van der Waals surface area contributed by atoms with Crippen LogP contribution in [0.25, 0.3) is 0 Å². The van der Waals surface area contributed by atoms with Crippen LogP contribution in [0, 0.1) is 6.92 Å². The maximum absolute atomic E-state index is 13.7. The molecule has 2 aliphatic heterocycles. The number of carbonyl (C=O) groups excluding carboxylic acids is 3. The number of hydrogen-bond donors (Lipinski definition) is 0. The molecule has 3 heterocycles. The van der Waals surface area contributed by atoms with Crippen molar-refractivity contribution < 1.29 is 19.1 Å². The number of hydrogen-bond acceptors (Lipinski definition) is 6. The Morgan fingerprint density at radius 1 is 1.14 bits per heavy atom. The minimum atomic E-state index is -1.16. The van der Waals surface area contributed by atoms with E-state index in [1.165, 1.54) is 4.90 Å². The molecule has 0 unspecified atom stereocenters. The first-order valence-electron chi connectivity index (χ1n) is 12.2. The summed E-state index contributed by atoms with van der Waals surface area (Å²) >= 11 is 0. The summed E-state index contributed by atoms with van der Waals surface area (Å²) in [5.41, 5.74) is 0.533. The molecule has 2 saturated heterocycles. The highest BCUT2D eigenvalue weighted by Crippen LogP contribution is 2.41. The SMILES string of the molecule is COCCCN1C(=O)C[C@](CC(=O)N2CCN(Cc3nccn3C)CC2)(c2ccccc2C)C1=O. The molecule has 0 radical (unpaired) electrons. The lowest BCUT2D eigenvalue weighted by Crippen LogP contribution is -2.51. The third-order valence-corrected chi connectivity index (χ3v) is 7.26. The van der Waals surface area contributed by atoms with E-state index in [4.69, 9.17) is 4.74 Å². The number of benzene rings is 1. The average Bonchev–Trinajstić information content (AvgIpc) is 3.35. The second-order valence-electron chi connectivity index (χ2n) is 9.56. The number of likely N-dealkylation sites (tertiary alicyclic amines) is 1. The summed E-state index contributed by atoms with van der Waals surface area (Å²) in [5.74, 6) is 0.424. The number of methoxy groups -OCH3 is 1. The first-order chi connectivity index (χ1) is 16.9. The molecule has 3 amide bonds. The Morgan fingerprint density at radius 2 is 1.89 bits per heavy atom. The molecule has 4 rings (SSSR count). The largest absolute Gasteiger partial charge is 0.385 e. The van der Waals surface area contributed by atoms with Crippen LogP contribution in [-0.2, 0) is 38.1 Å². The van der Waals surface area contributed by atoms with E-state index in [-0.39, 0.29) is 30.6 Å². The summed E-state index contributed by atoms with van der Waals surface area (Å²) < 4.78 is 7.11. The van der Waals surface area contributed by atoms with Crippen molar-refractivity contribution in [2.24, 2.45) is 7.05 Å². The van der Waals surface area contributed by atoms with Gasteiger partial charge in [-0.1, -0.05) is 24.3 Å². The van der Waals surface area contributed by atoms with E-state index in [9.17, 15) is 14.4 Å². The van der Waals surface area contributed by atoms with Gasteiger partial charge in [-0.15, -0.1) is 0 Å². The molecule has 9 nitrogen and oxygen atoms in total. The van der Waals surface area contributed by atoms with Gasteiger partial charge in [-0.05, 0) is 24.5 Å². The highest BCUT2D eigenvalue weighted by Gasteiger charge is 2.54. The number of imide groups is 1. The average molecular weight is 482 g/mol. The van der Waals surface area contributed by atoms with Crippen LogP contribution in [0.4, 0.5) is 0 Å². The van der Waals surface area contributed by atoms with Crippen LogP contribution >= 0.6 is 0 Å². The predicted molar refractivity (Wildman–Crippen MR) is 130 cm³/mol. The molecular weight excluding hydrogens is 446 g/mol. The molecule has 188 valence electrons. The molecular formula is C26H35N5O4. The fraction of sp³-hybridized carbons (Fsp3) is 0.538. The highest BCUT2D eigenvalue weighted by atomic mass is 16.5. The standard InChI is InChI=1S/C26H35N5O4/c1-20-7-4-5-8-21(20)26(18-24(33)31(25(26)34)10-6-16-35-3)17-23(32)30-14-12-29(13-15-30)19-22-27-9-11-28(22)2/h4-5,7-9,11H,6,10,12-19H2,1-3H3/t26-/m1/s1. The Kier molecular flexibility index (Phi) is 7.66. The van der Waals surface area contributed by atoms with Crippen molar-refractivity contribution in [3.05, 3.63) is 53.6 Å². The van der Waals surface area contributed by atoms with Gasteiger partial charge in [-0.2, -0.15) is 0 Å². The Labute approximate surface area is 206 Å². The van der Waals surface area contributed by atoms with E-state index < -0.39 is 5.41 Å². The number of aryl methyl sites for hydroxylation is 2. The Bertz CT molecular complexity index is 1080. The van der Waals surface area contributed by atoms with Crippen molar-refractivity contribution in [2.45, 2.75) is 38.1 Å². The van der Waals surface area contributed by atoms with Gasteiger partial charge in [0.2, 0.25) is 17.7 Å². The maximum Gasteiger partial charge on any atom is 0.240 e. The van der Waals surface area contributed by atoms with Gasteiger partial charge in [0.05, 0.1) is 12.0 Å². The van der Waals surface area contributed by atoms with Crippen molar-refractivity contribution in [1.29, 1.82) is 0 Å². The number of amides is 3. The van der Waals surface area contributed by atoms with Crippen molar-refractivity contribution >= 4 is 17.7 Å². The molecule has 9 heteroatoms. The van der Waals surface area contributed by atoms with Gasteiger partial charge in [-0.25, -0.2) is 4.98 Å². The van der Waals surface area contributed by atoms with Crippen LogP contribution < -0.4 is 0 Å². The van der Waals surface area contributed by atoms with Crippen molar-refractivity contribution in [1.82, 2.24) is 24.3 Å². The molecule has 0 aliphatic carbocycles. The van der Waals surface area contributed by atoms with Gasteiger partial charge < -0.3 is 14.2 Å². The minimum absolute atomic E-state index is 0.00255. The van der Waals surface area contributed by atoms with Crippen LogP contribution in [-0.4, -0.2) is 88.4 Å². The zero-order valence-corrected chi connectivity index (χ0v) is 20.9. The number of nitrogens with zero attached hydrogens (tertiary/aromatic N) is 5. The lowest BCUT2D eigenvalue weighted by molar-refractivity contribution is -0.143. The summed E-state index contributed by atoms with van der Waals surface area (Å²) in [7, 11) is 3.58. The van der Waals surface area contributed by atoms with Gasteiger partial charge in [0, 0.05) is 78.7 Å². The minimum Gasteiger partial charge on any atom is -0.385 e. The molecule has 35 heavy (non-hydrogen) atoms. The number of carbonyl (C=O) groups is 3. The highest BCUT2D eigenvalue weighted by molar-refractivity contribution is 6.11. The fourth-order valence-corrected chi connectivity index (χ4v) is 5.22. The van der Waals surface area contributed by atoms with Gasteiger partial charge in [0.15, 0.2) is 0 Å². The summed E-state index contributed by atoms with van der Waals surface area (Å²) in [6, 6.07) is 7.60. The van der Waals surface area contributed by atoms with Crippen LogP contribution in [0.3, 0.4) is 0 Å². The molecule has 2 aromatic rings.